The Hall–Kier alpha value is -3.17. The molecule has 1 aromatic carbocycles. The first kappa shape index (κ1) is 22.0. The minimum atomic E-state index is -0.452. The molecule has 168 valence electrons. The number of nitrogens with zero attached hydrogens (tertiary/aromatic N) is 4. The third-order valence-electron chi connectivity index (χ3n) is 5.57. The number of hydrogen-bond donors (Lipinski definition) is 2. The molecule has 0 aliphatic carbocycles. The van der Waals surface area contributed by atoms with Gasteiger partial charge >= 0.3 is 0 Å². The Morgan fingerprint density at radius 3 is 2.81 bits per heavy atom. The summed E-state index contributed by atoms with van der Waals surface area (Å²) in [5.41, 5.74) is 2.18. The quantitative estimate of drug-likeness (QED) is 0.558. The maximum Gasteiger partial charge on any atom is 0.226 e. The van der Waals surface area contributed by atoms with E-state index < -0.39 is 6.10 Å². The van der Waals surface area contributed by atoms with Gasteiger partial charge in [-0.1, -0.05) is 11.3 Å². The summed E-state index contributed by atoms with van der Waals surface area (Å²) in [6, 6.07) is 11.4. The SMILES string of the molecule is O=C(Cc1ccccn1)N[C@H]1CC[C@H](CCn2cc(-c3ccc(F)cc3)nn2)O[C@H]1CO. The molecule has 8 nitrogen and oxygen atoms in total. The Morgan fingerprint density at radius 1 is 1.22 bits per heavy atom. The van der Waals surface area contributed by atoms with Crippen molar-refractivity contribution >= 4 is 5.91 Å². The highest BCUT2D eigenvalue weighted by molar-refractivity contribution is 5.78. The van der Waals surface area contributed by atoms with Gasteiger partial charge in [0.1, 0.15) is 17.6 Å². The molecule has 1 saturated heterocycles. The number of hydrogen-bond acceptors (Lipinski definition) is 6. The number of aryl methyl sites for hydroxylation is 1. The molecule has 3 heterocycles. The third-order valence-corrected chi connectivity index (χ3v) is 5.57. The second-order valence-corrected chi connectivity index (χ2v) is 7.89. The molecular weight excluding hydrogens is 413 g/mol. The molecule has 0 radical (unpaired) electrons. The van der Waals surface area contributed by atoms with E-state index in [4.69, 9.17) is 4.74 Å². The number of carbonyl (C=O) groups excluding carboxylic acids is 1. The fourth-order valence-electron chi connectivity index (χ4n) is 3.87. The van der Waals surface area contributed by atoms with Gasteiger partial charge in [0.05, 0.1) is 31.4 Å². The highest BCUT2D eigenvalue weighted by Crippen LogP contribution is 2.23. The molecule has 2 N–H and O–H groups in total. The van der Waals surface area contributed by atoms with Gasteiger partial charge in [-0.25, -0.2) is 4.39 Å². The summed E-state index contributed by atoms with van der Waals surface area (Å²) in [5.74, 6) is -0.426. The van der Waals surface area contributed by atoms with Gasteiger partial charge in [-0.15, -0.1) is 5.10 Å². The molecule has 0 unspecified atom stereocenters. The molecule has 1 amide bonds. The van der Waals surface area contributed by atoms with Crippen LogP contribution in [0.5, 0.6) is 0 Å². The van der Waals surface area contributed by atoms with Crippen LogP contribution in [-0.2, 0) is 22.5 Å². The van der Waals surface area contributed by atoms with E-state index in [0.717, 1.165) is 18.4 Å². The topological polar surface area (TPSA) is 102 Å². The lowest BCUT2D eigenvalue weighted by Gasteiger charge is -2.36. The molecule has 1 aliphatic heterocycles. The predicted octanol–water partition coefficient (Wildman–Crippen LogP) is 2.14. The summed E-state index contributed by atoms with van der Waals surface area (Å²) < 4.78 is 20.9. The van der Waals surface area contributed by atoms with Crippen LogP contribution in [0.4, 0.5) is 4.39 Å². The number of aliphatic hydroxyl groups excluding tert-OH is 1. The summed E-state index contributed by atoms with van der Waals surface area (Å²) in [6.45, 7) is 0.441. The number of halogens is 1. The van der Waals surface area contributed by atoms with Crippen molar-refractivity contribution in [3.8, 4) is 11.3 Å². The van der Waals surface area contributed by atoms with Crippen molar-refractivity contribution in [2.75, 3.05) is 6.61 Å². The van der Waals surface area contributed by atoms with E-state index in [0.29, 0.717) is 24.4 Å². The maximum atomic E-state index is 13.1. The van der Waals surface area contributed by atoms with Crippen molar-refractivity contribution in [3.05, 3.63) is 66.4 Å². The lowest BCUT2D eigenvalue weighted by molar-refractivity contribution is -0.128. The highest BCUT2D eigenvalue weighted by Gasteiger charge is 2.31. The zero-order chi connectivity index (χ0) is 22.3. The van der Waals surface area contributed by atoms with Gasteiger partial charge in [0, 0.05) is 24.0 Å². The van der Waals surface area contributed by atoms with E-state index in [1.165, 1.54) is 12.1 Å². The number of ether oxygens (including phenoxy) is 1. The number of nitrogens with one attached hydrogen (secondary N) is 1. The summed E-state index contributed by atoms with van der Waals surface area (Å²) in [5, 5.41) is 21.0. The maximum absolute atomic E-state index is 13.1. The molecule has 32 heavy (non-hydrogen) atoms. The normalized spacial score (nSPS) is 20.8. The van der Waals surface area contributed by atoms with Gasteiger partial charge < -0.3 is 15.2 Å². The number of aromatic nitrogens is 4. The first-order valence-electron chi connectivity index (χ1n) is 10.7. The number of aliphatic hydroxyl groups is 1. The van der Waals surface area contributed by atoms with E-state index in [9.17, 15) is 14.3 Å². The van der Waals surface area contributed by atoms with Gasteiger partial charge in [-0.05, 0) is 55.7 Å². The van der Waals surface area contributed by atoms with Gasteiger partial charge in [0.15, 0.2) is 0 Å². The molecule has 0 bridgehead atoms. The van der Waals surface area contributed by atoms with E-state index in [1.807, 2.05) is 18.3 Å². The average molecular weight is 439 g/mol. The summed E-state index contributed by atoms with van der Waals surface area (Å²) in [7, 11) is 0. The molecule has 1 aliphatic rings. The molecule has 3 aromatic rings. The van der Waals surface area contributed by atoms with Crippen LogP contribution in [0.25, 0.3) is 11.3 Å². The van der Waals surface area contributed by atoms with Crippen molar-refractivity contribution < 1.29 is 19.0 Å². The first-order chi connectivity index (χ1) is 15.6. The number of benzene rings is 1. The van der Waals surface area contributed by atoms with Crippen molar-refractivity contribution in [1.82, 2.24) is 25.3 Å². The van der Waals surface area contributed by atoms with Crippen LogP contribution in [0, 0.1) is 5.82 Å². The summed E-state index contributed by atoms with van der Waals surface area (Å²) in [6.07, 6.45) is 5.37. The van der Waals surface area contributed by atoms with Crippen LogP contribution in [0.2, 0.25) is 0 Å². The lowest BCUT2D eigenvalue weighted by Crippen LogP contribution is -2.51. The molecule has 1 fully saturated rings. The van der Waals surface area contributed by atoms with Crippen LogP contribution in [-0.4, -0.2) is 55.8 Å². The van der Waals surface area contributed by atoms with Crippen LogP contribution in [0.1, 0.15) is 25.0 Å². The van der Waals surface area contributed by atoms with Crippen molar-refractivity contribution in [2.24, 2.45) is 0 Å². The first-order valence-corrected chi connectivity index (χ1v) is 10.7. The van der Waals surface area contributed by atoms with E-state index in [2.05, 4.69) is 20.6 Å². The predicted molar refractivity (Wildman–Crippen MR) is 115 cm³/mol. The molecular formula is C23H26FN5O3. The Balaban J connectivity index is 1.26. The third kappa shape index (κ3) is 5.74. The van der Waals surface area contributed by atoms with Crippen LogP contribution >= 0.6 is 0 Å². The van der Waals surface area contributed by atoms with Crippen LogP contribution < -0.4 is 5.32 Å². The molecule has 0 spiro atoms. The van der Waals surface area contributed by atoms with E-state index >= 15 is 0 Å². The number of rotatable bonds is 8. The fraction of sp³-hybridized carbons (Fsp3) is 0.391. The van der Waals surface area contributed by atoms with E-state index in [1.54, 1.807) is 29.1 Å². The van der Waals surface area contributed by atoms with Crippen molar-refractivity contribution in [2.45, 2.75) is 50.5 Å². The number of amides is 1. The summed E-state index contributed by atoms with van der Waals surface area (Å²) in [4.78, 5) is 16.5. The number of carbonyl (C=O) groups is 1. The second kappa shape index (κ2) is 10.4. The Morgan fingerprint density at radius 2 is 2.06 bits per heavy atom. The molecule has 2 aromatic heterocycles. The van der Waals surface area contributed by atoms with E-state index in [-0.39, 0.29) is 36.9 Å². The van der Waals surface area contributed by atoms with Gasteiger partial charge in [0.2, 0.25) is 5.91 Å². The Kier molecular flexibility index (Phi) is 7.18. The van der Waals surface area contributed by atoms with Gasteiger partial charge in [0.25, 0.3) is 0 Å². The van der Waals surface area contributed by atoms with Crippen LogP contribution in [0.15, 0.2) is 54.9 Å². The minimum absolute atomic E-state index is 0.0467. The molecule has 9 heteroatoms. The zero-order valence-corrected chi connectivity index (χ0v) is 17.6. The number of pyridine rings is 1. The Labute approximate surface area is 185 Å². The van der Waals surface area contributed by atoms with Crippen molar-refractivity contribution in [1.29, 1.82) is 0 Å². The van der Waals surface area contributed by atoms with Crippen molar-refractivity contribution in [3.63, 3.8) is 0 Å². The monoisotopic (exact) mass is 439 g/mol. The molecule has 3 atom stereocenters. The molecule has 4 rings (SSSR count). The zero-order valence-electron chi connectivity index (χ0n) is 17.6. The lowest BCUT2D eigenvalue weighted by atomic mass is 9.97. The summed E-state index contributed by atoms with van der Waals surface area (Å²) >= 11 is 0. The smallest absolute Gasteiger partial charge is 0.226 e. The fourth-order valence-corrected chi connectivity index (χ4v) is 3.87. The Bertz CT molecular complexity index is 1010. The molecule has 0 saturated carbocycles. The standard InChI is InChI=1S/C23H26FN5O3/c24-17-6-4-16(5-7-17)21-14-29(28-27-21)12-10-19-8-9-20(22(15-30)32-19)26-23(31)13-18-3-1-2-11-25-18/h1-7,11,14,19-20,22,30H,8-10,12-13,15H2,(H,26,31)/t19-,20+,22+/m1/s1. The van der Waals surface area contributed by atoms with Crippen LogP contribution in [0.3, 0.4) is 0 Å². The highest BCUT2D eigenvalue weighted by atomic mass is 19.1. The average Bonchev–Trinajstić information content (AvgIpc) is 3.28. The second-order valence-electron chi connectivity index (χ2n) is 7.89. The largest absolute Gasteiger partial charge is 0.394 e. The minimum Gasteiger partial charge on any atom is -0.394 e. The van der Waals surface area contributed by atoms with Gasteiger partial charge in [-0.2, -0.15) is 0 Å². The van der Waals surface area contributed by atoms with Gasteiger partial charge in [-0.3, -0.25) is 14.5 Å².